The van der Waals surface area contributed by atoms with Crippen molar-refractivity contribution in [3.63, 3.8) is 0 Å². The van der Waals surface area contributed by atoms with Gasteiger partial charge >= 0.3 is 0 Å². The van der Waals surface area contributed by atoms with E-state index in [1.165, 1.54) is 15.4 Å². The van der Waals surface area contributed by atoms with E-state index in [9.17, 15) is 0 Å². The second-order valence-electron chi connectivity index (χ2n) is 3.96. The van der Waals surface area contributed by atoms with Crippen LogP contribution in [0.15, 0.2) is 58.3 Å². The average Bonchev–Trinajstić information content (AvgIpc) is 2.40. The van der Waals surface area contributed by atoms with Crippen LogP contribution in [0.4, 0.5) is 0 Å². The van der Waals surface area contributed by atoms with Crippen LogP contribution in [0, 0.1) is 0 Å². The summed E-state index contributed by atoms with van der Waals surface area (Å²) in [6.07, 6.45) is 0.928. The van der Waals surface area contributed by atoms with Crippen molar-refractivity contribution in [3.05, 3.63) is 54.1 Å². The standard InChI is InChI=1S/C15H17NOS/c1-17-13-5-7-14(8-6-13)18-15-4-2-3-12(11-15)9-10-16/h2-8,11H,9-10,16H2,1H3. The lowest BCUT2D eigenvalue weighted by molar-refractivity contribution is 0.414. The molecule has 0 bridgehead atoms. The highest BCUT2D eigenvalue weighted by molar-refractivity contribution is 7.99. The quantitative estimate of drug-likeness (QED) is 0.894. The molecule has 0 aliphatic rings. The summed E-state index contributed by atoms with van der Waals surface area (Å²) in [7, 11) is 1.68. The third-order valence-electron chi connectivity index (χ3n) is 2.63. The SMILES string of the molecule is COc1ccc(Sc2cccc(CCN)c2)cc1. The lowest BCUT2D eigenvalue weighted by Gasteiger charge is -2.05. The largest absolute Gasteiger partial charge is 0.497 e. The first-order valence-electron chi connectivity index (χ1n) is 5.93. The Kier molecular flexibility index (Phi) is 4.67. The van der Waals surface area contributed by atoms with Crippen LogP contribution in [0.25, 0.3) is 0 Å². The third kappa shape index (κ3) is 3.52. The summed E-state index contributed by atoms with van der Waals surface area (Å²) >= 11 is 1.75. The molecule has 0 saturated heterocycles. The molecule has 0 heterocycles. The van der Waals surface area contributed by atoms with Crippen LogP contribution in [-0.4, -0.2) is 13.7 Å². The Morgan fingerprint density at radius 3 is 2.50 bits per heavy atom. The van der Waals surface area contributed by atoms with Crippen molar-refractivity contribution in [1.82, 2.24) is 0 Å². The number of hydrogen-bond donors (Lipinski definition) is 1. The first-order chi connectivity index (χ1) is 8.81. The van der Waals surface area contributed by atoms with Crippen molar-refractivity contribution in [1.29, 1.82) is 0 Å². The van der Waals surface area contributed by atoms with Gasteiger partial charge in [0.15, 0.2) is 0 Å². The summed E-state index contributed by atoms with van der Waals surface area (Å²) in [5, 5.41) is 0. The van der Waals surface area contributed by atoms with Gasteiger partial charge in [0, 0.05) is 9.79 Å². The summed E-state index contributed by atoms with van der Waals surface area (Å²) in [6, 6.07) is 16.6. The molecule has 2 aromatic rings. The summed E-state index contributed by atoms with van der Waals surface area (Å²) in [6.45, 7) is 0.691. The zero-order valence-electron chi connectivity index (χ0n) is 10.4. The van der Waals surface area contributed by atoms with Gasteiger partial charge in [0.1, 0.15) is 5.75 Å². The van der Waals surface area contributed by atoms with Gasteiger partial charge in [-0.15, -0.1) is 0 Å². The molecule has 0 atom stereocenters. The zero-order chi connectivity index (χ0) is 12.8. The first-order valence-corrected chi connectivity index (χ1v) is 6.74. The van der Waals surface area contributed by atoms with Crippen molar-refractivity contribution >= 4 is 11.8 Å². The molecule has 94 valence electrons. The van der Waals surface area contributed by atoms with Gasteiger partial charge in [0.25, 0.3) is 0 Å². The zero-order valence-corrected chi connectivity index (χ0v) is 11.2. The Bertz CT molecular complexity index is 496. The van der Waals surface area contributed by atoms with Gasteiger partial charge in [0.05, 0.1) is 7.11 Å². The van der Waals surface area contributed by atoms with Crippen molar-refractivity contribution < 1.29 is 4.74 Å². The molecule has 0 amide bonds. The summed E-state index contributed by atoms with van der Waals surface area (Å²) < 4.78 is 5.15. The lowest BCUT2D eigenvalue weighted by Crippen LogP contribution is -2.02. The normalized spacial score (nSPS) is 10.3. The fourth-order valence-electron chi connectivity index (χ4n) is 1.71. The molecule has 0 unspecified atom stereocenters. The van der Waals surface area contributed by atoms with Crippen LogP contribution in [0.1, 0.15) is 5.56 Å². The summed E-state index contributed by atoms with van der Waals surface area (Å²) in [5.41, 5.74) is 6.86. The maximum absolute atomic E-state index is 5.57. The molecule has 0 aliphatic carbocycles. The highest BCUT2D eigenvalue weighted by atomic mass is 32.2. The number of nitrogens with two attached hydrogens (primary N) is 1. The average molecular weight is 259 g/mol. The molecular weight excluding hydrogens is 242 g/mol. The fourth-order valence-corrected chi connectivity index (χ4v) is 2.61. The van der Waals surface area contributed by atoms with Gasteiger partial charge in [-0.2, -0.15) is 0 Å². The highest BCUT2D eigenvalue weighted by Gasteiger charge is 1.99. The van der Waals surface area contributed by atoms with E-state index in [-0.39, 0.29) is 0 Å². The van der Waals surface area contributed by atoms with Gasteiger partial charge in [-0.3, -0.25) is 0 Å². The van der Waals surface area contributed by atoms with E-state index in [1.54, 1.807) is 18.9 Å². The lowest BCUT2D eigenvalue weighted by atomic mass is 10.2. The topological polar surface area (TPSA) is 35.2 Å². The van der Waals surface area contributed by atoms with Gasteiger partial charge in [-0.05, 0) is 54.9 Å². The number of hydrogen-bond acceptors (Lipinski definition) is 3. The van der Waals surface area contributed by atoms with Crippen molar-refractivity contribution in [2.75, 3.05) is 13.7 Å². The fraction of sp³-hybridized carbons (Fsp3) is 0.200. The molecule has 0 radical (unpaired) electrons. The number of ether oxygens (including phenoxy) is 1. The predicted octanol–water partition coefficient (Wildman–Crippen LogP) is 3.35. The Labute approximate surface area is 112 Å². The molecule has 2 nitrogen and oxygen atoms in total. The van der Waals surface area contributed by atoms with E-state index < -0.39 is 0 Å². The van der Waals surface area contributed by atoms with Gasteiger partial charge in [-0.1, -0.05) is 23.9 Å². The number of benzene rings is 2. The van der Waals surface area contributed by atoms with Crippen LogP contribution in [0.2, 0.25) is 0 Å². The third-order valence-corrected chi connectivity index (χ3v) is 3.62. The van der Waals surface area contributed by atoms with E-state index in [2.05, 4.69) is 36.4 Å². The van der Waals surface area contributed by atoms with E-state index in [0.29, 0.717) is 6.54 Å². The molecule has 18 heavy (non-hydrogen) atoms. The summed E-state index contributed by atoms with van der Waals surface area (Å²) in [4.78, 5) is 2.45. The molecular formula is C15H17NOS. The van der Waals surface area contributed by atoms with Crippen LogP contribution in [-0.2, 0) is 6.42 Å². The molecule has 2 N–H and O–H groups in total. The maximum Gasteiger partial charge on any atom is 0.118 e. The van der Waals surface area contributed by atoms with Crippen LogP contribution in [0.3, 0.4) is 0 Å². The molecule has 0 saturated carbocycles. The van der Waals surface area contributed by atoms with Crippen molar-refractivity contribution in [2.45, 2.75) is 16.2 Å². The van der Waals surface area contributed by atoms with E-state index in [0.717, 1.165) is 12.2 Å². The molecule has 2 rings (SSSR count). The van der Waals surface area contributed by atoms with Crippen molar-refractivity contribution in [2.24, 2.45) is 5.73 Å². The van der Waals surface area contributed by atoms with Crippen LogP contribution < -0.4 is 10.5 Å². The minimum atomic E-state index is 0.691. The number of rotatable bonds is 5. The van der Waals surface area contributed by atoms with Gasteiger partial charge in [-0.25, -0.2) is 0 Å². The second-order valence-corrected chi connectivity index (χ2v) is 5.11. The van der Waals surface area contributed by atoms with Crippen LogP contribution >= 0.6 is 11.8 Å². The number of methoxy groups -OCH3 is 1. The molecule has 0 aliphatic heterocycles. The summed E-state index contributed by atoms with van der Waals surface area (Å²) in [5.74, 6) is 0.885. The Hall–Kier alpha value is -1.45. The smallest absolute Gasteiger partial charge is 0.118 e. The Balaban J connectivity index is 2.09. The monoisotopic (exact) mass is 259 g/mol. The molecule has 2 aromatic carbocycles. The Morgan fingerprint density at radius 1 is 1.06 bits per heavy atom. The van der Waals surface area contributed by atoms with E-state index >= 15 is 0 Å². The first kappa shape index (κ1) is 13.0. The maximum atomic E-state index is 5.57. The second kappa shape index (κ2) is 6.47. The van der Waals surface area contributed by atoms with Gasteiger partial charge < -0.3 is 10.5 Å². The minimum Gasteiger partial charge on any atom is -0.497 e. The van der Waals surface area contributed by atoms with Gasteiger partial charge in [0.2, 0.25) is 0 Å². The predicted molar refractivity (Wildman–Crippen MR) is 76.3 cm³/mol. The highest BCUT2D eigenvalue weighted by Crippen LogP contribution is 2.29. The van der Waals surface area contributed by atoms with Crippen molar-refractivity contribution in [3.8, 4) is 5.75 Å². The molecule has 3 heteroatoms. The minimum absolute atomic E-state index is 0.691. The molecule has 0 aromatic heterocycles. The Morgan fingerprint density at radius 2 is 1.83 bits per heavy atom. The van der Waals surface area contributed by atoms with Crippen LogP contribution in [0.5, 0.6) is 5.75 Å². The van der Waals surface area contributed by atoms with E-state index in [4.69, 9.17) is 10.5 Å². The molecule has 0 spiro atoms. The molecule has 0 fully saturated rings. The van der Waals surface area contributed by atoms with E-state index in [1.807, 2.05) is 12.1 Å².